The van der Waals surface area contributed by atoms with Crippen LogP contribution in [0.5, 0.6) is 11.5 Å². The van der Waals surface area contributed by atoms with E-state index in [0.29, 0.717) is 18.5 Å². The van der Waals surface area contributed by atoms with Crippen molar-refractivity contribution in [2.75, 3.05) is 7.11 Å². The number of ether oxygens (including phenoxy) is 2. The first-order valence-corrected chi connectivity index (χ1v) is 7.14. The van der Waals surface area contributed by atoms with E-state index in [1.165, 1.54) is 12.8 Å². The van der Waals surface area contributed by atoms with E-state index >= 15 is 0 Å². The topological polar surface area (TPSA) is 56.3 Å². The molecule has 0 amide bonds. The van der Waals surface area contributed by atoms with Gasteiger partial charge in [0.25, 0.3) is 0 Å². The molecular formula is C16H19N3O2. The zero-order valence-electron chi connectivity index (χ0n) is 12.1. The molecule has 3 rings (SSSR count). The molecule has 21 heavy (non-hydrogen) atoms. The summed E-state index contributed by atoms with van der Waals surface area (Å²) in [6, 6.07) is 8.36. The Morgan fingerprint density at radius 1 is 1.24 bits per heavy atom. The number of nitrogens with one attached hydrogen (secondary N) is 1. The van der Waals surface area contributed by atoms with Crippen molar-refractivity contribution in [3.05, 3.63) is 48.0 Å². The van der Waals surface area contributed by atoms with E-state index in [1.54, 1.807) is 25.6 Å². The monoisotopic (exact) mass is 285 g/mol. The van der Waals surface area contributed by atoms with E-state index in [9.17, 15) is 0 Å². The summed E-state index contributed by atoms with van der Waals surface area (Å²) in [5.74, 6) is 2.27. The van der Waals surface area contributed by atoms with Gasteiger partial charge < -0.3 is 14.8 Å². The number of hydrogen-bond donors (Lipinski definition) is 1. The third-order valence-corrected chi connectivity index (χ3v) is 3.41. The molecule has 1 fully saturated rings. The molecule has 0 saturated heterocycles. The Morgan fingerprint density at radius 3 is 2.76 bits per heavy atom. The van der Waals surface area contributed by atoms with Gasteiger partial charge in [-0.3, -0.25) is 0 Å². The molecule has 1 saturated carbocycles. The summed E-state index contributed by atoms with van der Waals surface area (Å²) in [7, 11) is 1.65. The lowest BCUT2D eigenvalue weighted by atomic mass is 10.2. The molecule has 1 aromatic carbocycles. The largest absolute Gasteiger partial charge is 0.497 e. The summed E-state index contributed by atoms with van der Waals surface area (Å²) >= 11 is 0. The van der Waals surface area contributed by atoms with Crippen LogP contribution in [0.4, 0.5) is 0 Å². The van der Waals surface area contributed by atoms with Crippen molar-refractivity contribution in [2.24, 2.45) is 0 Å². The smallest absolute Gasteiger partial charge is 0.166 e. The summed E-state index contributed by atoms with van der Waals surface area (Å²) in [5.41, 5.74) is 1.12. The van der Waals surface area contributed by atoms with E-state index < -0.39 is 0 Å². The molecule has 1 aliphatic carbocycles. The Labute approximate surface area is 124 Å². The minimum atomic E-state index is 0.352. The second-order valence-electron chi connectivity index (χ2n) is 5.08. The van der Waals surface area contributed by atoms with Crippen LogP contribution in [-0.2, 0) is 13.2 Å². The summed E-state index contributed by atoms with van der Waals surface area (Å²) in [5, 5.41) is 3.50. The van der Waals surface area contributed by atoms with E-state index in [2.05, 4.69) is 15.3 Å². The second-order valence-corrected chi connectivity index (χ2v) is 5.08. The Bertz CT molecular complexity index is 585. The molecule has 0 spiro atoms. The van der Waals surface area contributed by atoms with E-state index in [1.807, 2.05) is 18.2 Å². The normalized spacial score (nSPS) is 14.0. The van der Waals surface area contributed by atoms with Crippen molar-refractivity contribution in [2.45, 2.75) is 32.0 Å². The number of aromatic nitrogens is 2. The quantitative estimate of drug-likeness (QED) is 0.846. The first-order valence-electron chi connectivity index (χ1n) is 7.14. The zero-order chi connectivity index (χ0) is 14.5. The highest BCUT2D eigenvalue weighted by Crippen LogP contribution is 2.27. The Kier molecular flexibility index (Phi) is 4.31. The van der Waals surface area contributed by atoms with Gasteiger partial charge in [-0.25, -0.2) is 9.97 Å². The molecule has 2 aromatic rings. The molecule has 5 heteroatoms. The summed E-state index contributed by atoms with van der Waals surface area (Å²) in [6.07, 6.45) is 5.97. The van der Waals surface area contributed by atoms with Crippen LogP contribution in [-0.4, -0.2) is 23.1 Å². The fourth-order valence-corrected chi connectivity index (χ4v) is 2.03. The second kappa shape index (κ2) is 6.54. The number of rotatable bonds is 7. The van der Waals surface area contributed by atoms with Crippen molar-refractivity contribution >= 4 is 0 Å². The van der Waals surface area contributed by atoms with Crippen LogP contribution in [0, 0.1) is 0 Å². The molecule has 0 aliphatic heterocycles. The first-order chi connectivity index (χ1) is 10.3. The maximum Gasteiger partial charge on any atom is 0.166 e. The summed E-state index contributed by atoms with van der Waals surface area (Å²) in [6.45, 7) is 1.16. The van der Waals surface area contributed by atoms with Gasteiger partial charge >= 0.3 is 0 Å². The molecule has 1 N–H and O–H groups in total. The predicted molar refractivity (Wildman–Crippen MR) is 79.2 cm³/mol. The molecule has 0 unspecified atom stereocenters. The number of methoxy groups -OCH3 is 1. The molecule has 0 bridgehead atoms. The Balaban J connectivity index is 1.70. The van der Waals surface area contributed by atoms with Crippen molar-refractivity contribution in [1.82, 2.24) is 15.3 Å². The predicted octanol–water partition coefficient (Wildman–Crippen LogP) is 2.32. The van der Waals surface area contributed by atoms with Crippen LogP contribution in [0.1, 0.15) is 24.2 Å². The van der Waals surface area contributed by atoms with Gasteiger partial charge in [0.05, 0.1) is 7.11 Å². The van der Waals surface area contributed by atoms with Crippen molar-refractivity contribution in [3.63, 3.8) is 0 Å². The lowest BCUT2D eigenvalue weighted by Crippen LogP contribution is -2.16. The summed E-state index contributed by atoms with van der Waals surface area (Å²) in [4.78, 5) is 8.33. The van der Waals surface area contributed by atoms with Crippen molar-refractivity contribution < 1.29 is 9.47 Å². The van der Waals surface area contributed by atoms with E-state index in [0.717, 1.165) is 23.6 Å². The van der Waals surface area contributed by atoms with Gasteiger partial charge in [-0.2, -0.15) is 0 Å². The van der Waals surface area contributed by atoms with Crippen LogP contribution >= 0.6 is 0 Å². The average Bonchev–Trinajstić information content (AvgIpc) is 3.36. The average molecular weight is 285 g/mol. The van der Waals surface area contributed by atoms with E-state index in [4.69, 9.17) is 9.47 Å². The van der Waals surface area contributed by atoms with Crippen LogP contribution in [0.2, 0.25) is 0 Å². The maximum absolute atomic E-state index is 5.87. The van der Waals surface area contributed by atoms with Gasteiger partial charge in [0.2, 0.25) is 0 Å². The van der Waals surface area contributed by atoms with Gasteiger partial charge in [0.15, 0.2) is 5.82 Å². The van der Waals surface area contributed by atoms with Gasteiger partial charge in [-0.15, -0.1) is 0 Å². The molecule has 0 radical (unpaired) electrons. The molecule has 1 aliphatic rings. The standard InChI is InChI=1S/C16H19N3O2/c1-20-14-6-3-12(10-19-13-4-5-13)15(9-14)21-11-16-17-7-2-8-18-16/h2-3,6-9,13,19H,4-5,10-11H2,1H3. The lowest BCUT2D eigenvalue weighted by molar-refractivity contribution is 0.289. The molecule has 110 valence electrons. The van der Waals surface area contributed by atoms with Crippen LogP contribution in [0.25, 0.3) is 0 Å². The molecular weight excluding hydrogens is 266 g/mol. The number of hydrogen-bond acceptors (Lipinski definition) is 5. The number of nitrogens with zero attached hydrogens (tertiary/aromatic N) is 2. The molecule has 0 atom stereocenters. The third-order valence-electron chi connectivity index (χ3n) is 3.41. The highest BCUT2D eigenvalue weighted by molar-refractivity contribution is 5.40. The van der Waals surface area contributed by atoms with Gasteiger partial charge in [-0.05, 0) is 25.0 Å². The molecule has 1 aromatic heterocycles. The van der Waals surface area contributed by atoms with Gasteiger partial charge in [0, 0.05) is 36.6 Å². The number of benzene rings is 1. The molecule has 5 nitrogen and oxygen atoms in total. The highest BCUT2D eigenvalue weighted by Gasteiger charge is 2.20. The third kappa shape index (κ3) is 3.92. The Morgan fingerprint density at radius 2 is 2.05 bits per heavy atom. The van der Waals surface area contributed by atoms with Crippen LogP contribution < -0.4 is 14.8 Å². The van der Waals surface area contributed by atoms with Crippen LogP contribution in [0.3, 0.4) is 0 Å². The first kappa shape index (κ1) is 13.8. The van der Waals surface area contributed by atoms with Gasteiger partial charge in [0.1, 0.15) is 18.1 Å². The SMILES string of the molecule is COc1ccc(CNC2CC2)c(OCc2ncccn2)c1. The zero-order valence-corrected chi connectivity index (χ0v) is 12.1. The fourth-order valence-electron chi connectivity index (χ4n) is 2.03. The lowest BCUT2D eigenvalue weighted by Gasteiger charge is -2.13. The minimum absolute atomic E-state index is 0.352. The molecule has 1 heterocycles. The van der Waals surface area contributed by atoms with E-state index in [-0.39, 0.29) is 0 Å². The van der Waals surface area contributed by atoms with Crippen molar-refractivity contribution in [3.8, 4) is 11.5 Å². The fraction of sp³-hybridized carbons (Fsp3) is 0.375. The van der Waals surface area contributed by atoms with Crippen molar-refractivity contribution in [1.29, 1.82) is 0 Å². The maximum atomic E-state index is 5.87. The van der Waals surface area contributed by atoms with Gasteiger partial charge in [-0.1, -0.05) is 6.07 Å². The minimum Gasteiger partial charge on any atom is -0.497 e. The highest BCUT2D eigenvalue weighted by atomic mass is 16.5. The van der Waals surface area contributed by atoms with Crippen LogP contribution in [0.15, 0.2) is 36.7 Å². The summed E-state index contributed by atoms with van der Waals surface area (Å²) < 4.78 is 11.1. The Hall–Kier alpha value is -2.14.